The van der Waals surface area contributed by atoms with Gasteiger partial charge in [0.1, 0.15) is 0 Å². The van der Waals surface area contributed by atoms with E-state index in [2.05, 4.69) is 15.4 Å². The smallest absolute Gasteiger partial charge is 0.167 e. The predicted octanol–water partition coefficient (Wildman–Crippen LogP) is 1.24. The van der Waals surface area contributed by atoms with Crippen LogP contribution in [0.4, 0.5) is 0 Å². The summed E-state index contributed by atoms with van der Waals surface area (Å²) in [5, 5.41) is 0. The van der Waals surface area contributed by atoms with E-state index in [0.717, 1.165) is 0 Å². The molecule has 0 heterocycles. The molecule has 0 aromatic carbocycles. The lowest BCUT2D eigenvalue weighted by molar-refractivity contribution is 0.827. The number of nitrogens with one attached hydrogen (secondary N) is 1. The van der Waals surface area contributed by atoms with Gasteiger partial charge in [0.15, 0.2) is 5.84 Å². The molecular formula is C6H11N3. The number of hydrogen-bond acceptors (Lipinski definition) is 1. The molecule has 0 atom stereocenters. The van der Waals surface area contributed by atoms with Gasteiger partial charge in [-0.05, 0) is 20.8 Å². The van der Waals surface area contributed by atoms with Gasteiger partial charge in [0.2, 0.25) is 0 Å². The Kier molecular flexibility index (Phi) is 3.45. The molecule has 0 spiro atoms. The van der Waals surface area contributed by atoms with Crippen molar-refractivity contribution in [1.29, 1.82) is 0 Å². The molecule has 0 saturated carbocycles. The van der Waals surface area contributed by atoms with Gasteiger partial charge in [-0.3, -0.25) is 4.99 Å². The minimum atomic E-state index is 0.263. The maximum absolute atomic E-state index is 6.41. The maximum atomic E-state index is 6.41. The first kappa shape index (κ1) is 7.96. The van der Waals surface area contributed by atoms with Crippen molar-refractivity contribution in [3.8, 4) is 0 Å². The van der Waals surface area contributed by atoms with Crippen LogP contribution in [0.1, 0.15) is 20.8 Å². The van der Waals surface area contributed by atoms with E-state index in [0.29, 0.717) is 5.84 Å². The van der Waals surface area contributed by atoms with Crippen LogP contribution in [0.3, 0.4) is 0 Å². The maximum Gasteiger partial charge on any atom is 0.167 e. The van der Waals surface area contributed by atoms with E-state index >= 15 is 0 Å². The van der Waals surface area contributed by atoms with Crippen molar-refractivity contribution in [2.45, 2.75) is 26.8 Å². The molecule has 50 valence electrons. The highest BCUT2D eigenvalue weighted by Crippen LogP contribution is 1.85. The first-order chi connectivity index (χ1) is 4.16. The lowest BCUT2D eigenvalue weighted by Gasteiger charge is -1.95. The molecule has 0 unspecified atom stereocenters. The Bertz CT molecular complexity index is 141. The molecule has 0 amide bonds. The second kappa shape index (κ2) is 3.90. The molecule has 0 aliphatic rings. The molecular weight excluding hydrogens is 114 g/mol. The average molecular weight is 125 g/mol. The van der Waals surface area contributed by atoms with Gasteiger partial charge in [-0.15, -0.1) is 0 Å². The van der Waals surface area contributed by atoms with Crippen LogP contribution < -0.4 is 5.43 Å². The van der Waals surface area contributed by atoms with E-state index in [1.807, 2.05) is 13.8 Å². The third-order valence-corrected chi connectivity index (χ3v) is 0.670. The fourth-order valence-electron chi connectivity index (χ4n) is 0.497. The van der Waals surface area contributed by atoms with Gasteiger partial charge < -0.3 is 0 Å². The van der Waals surface area contributed by atoms with Crippen molar-refractivity contribution in [1.82, 2.24) is 5.43 Å². The highest BCUT2D eigenvalue weighted by Gasteiger charge is 1.91. The molecule has 0 rings (SSSR count). The lowest BCUT2D eigenvalue weighted by atomic mass is 10.4. The first-order valence-corrected chi connectivity index (χ1v) is 2.83. The lowest BCUT2D eigenvalue weighted by Crippen LogP contribution is -2.12. The monoisotopic (exact) mass is 125 g/mol. The van der Waals surface area contributed by atoms with Crippen LogP contribution in [0.15, 0.2) is 4.99 Å². The number of nitrogens with zero attached hydrogens (tertiary/aromatic N) is 2. The minimum absolute atomic E-state index is 0.263. The van der Waals surface area contributed by atoms with E-state index in [-0.39, 0.29) is 6.04 Å². The Hall–Kier alpha value is -1.04. The minimum Gasteiger partial charge on any atom is -0.264 e. The molecule has 0 bridgehead atoms. The molecule has 9 heavy (non-hydrogen) atoms. The van der Waals surface area contributed by atoms with E-state index in [1.165, 1.54) is 0 Å². The molecule has 3 nitrogen and oxygen atoms in total. The zero-order valence-electron chi connectivity index (χ0n) is 5.97. The standard InChI is InChI=1S/C6H11N3/c1-5(2)8-6(3)9-7-4/h5H,1-3H3,(H,8,9). The molecule has 0 saturated heterocycles. The highest BCUT2D eigenvalue weighted by molar-refractivity contribution is 5.79. The zero-order valence-corrected chi connectivity index (χ0v) is 5.97. The van der Waals surface area contributed by atoms with Crippen molar-refractivity contribution in [3.05, 3.63) is 11.5 Å². The van der Waals surface area contributed by atoms with Crippen LogP contribution in [-0.2, 0) is 0 Å². The molecule has 0 radical (unpaired) electrons. The number of hydrogen-bond donors (Lipinski definition) is 1. The summed E-state index contributed by atoms with van der Waals surface area (Å²) in [4.78, 5) is 7.02. The van der Waals surface area contributed by atoms with Crippen molar-refractivity contribution in [3.63, 3.8) is 0 Å². The molecule has 0 aliphatic heterocycles. The Labute approximate surface area is 55.6 Å². The predicted molar refractivity (Wildman–Crippen MR) is 38.0 cm³/mol. The summed E-state index contributed by atoms with van der Waals surface area (Å²) >= 11 is 0. The summed E-state index contributed by atoms with van der Waals surface area (Å²) in [6.45, 7) is 12.1. The van der Waals surface area contributed by atoms with Crippen LogP contribution in [-0.4, -0.2) is 11.9 Å². The second-order valence-corrected chi connectivity index (χ2v) is 2.03. The van der Waals surface area contributed by atoms with Crippen molar-refractivity contribution < 1.29 is 0 Å². The van der Waals surface area contributed by atoms with Gasteiger partial charge in [0.05, 0.1) is 0 Å². The number of aliphatic imine (C=N–C) groups is 1. The van der Waals surface area contributed by atoms with Gasteiger partial charge in [0, 0.05) is 6.04 Å². The van der Waals surface area contributed by atoms with Crippen LogP contribution in [0.5, 0.6) is 0 Å². The largest absolute Gasteiger partial charge is 0.264 e. The highest BCUT2D eigenvalue weighted by atomic mass is 15.3. The van der Waals surface area contributed by atoms with Gasteiger partial charge in [-0.2, -0.15) is 11.5 Å². The quantitative estimate of drug-likeness (QED) is 0.243. The zero-order chi connectivity index (χ0) is 7.28. The third kappa shape index (κ3) is 4.82. The van der Waals surface area contributed by atoms with Crippen LogP contribution in [0, 0.1) is 6.57 Å². The molecule has 0 aromatic rings. The van der Waals surface area contributed by atoms with Crippen molar-refractivity contribution in [2.24, 2.45) is 4.99 Å². The molecule has 0 aliphatic carbocycles. The van der Waals surface area contributed by atoms with E-state index in [9.17, 15) is 0 Å². The van der Waals surface area contributed by atoms with Crippen molar-refractivity contribution in [2.75, 3.05) is 0 Å². The first-order valence-electron chi connectivity index (χ1n) is 2.83. The van der Waals surface area contributed by atoms with Gasteiger partial charge in [-0.1, -0.05) is 5.43 Å². The normalized spacial score (nSPS) is 11.2. The number of amidine groups is 1. The third-order valence-electron chi connectivity index (χ3n) is 0.670. The molecule has 1 N–H and O–H groups in total. The van der Waals surface area contributed by atoms with E-state index in [1.54, 1.807) is 6.92 Å². The fourth-order valence-corrected chi connectivity index (χ4v) is 0.497. The van der Waals surface area contributed by atoms with Gasteiger partial charge in [-0.25, -0.2) is 0 Å². The topological polar surface area (TPSA) is 28.8 Å². The number of rotatable bonds is 1. The van der Waals surface area contributed by atoms with Crippen LogP contribution in [0.25, 0.3) is 4.95 Å². The van der Waals surface area contributed by atoms with Crippen molar-refractivity contribution >= 4 is 5.84 Å². The molecule has 0 fully saturated rings. The SMILES string of the molecule is [C-]#[N+]NC(C)=NC(C)C. The summed E-state index contributed by atoms with van der Waals surface area (Å²) in [6.07, 6.45) is 0. The Morgan fingerprint density at radius 3 is 2.56 bits per heavy atom. The van der Waals surface area contributed by atoms with Gasteiger partial charge in [0.25, 0.3) is 0 Å². The van der Waals surface area contributed by atoms with Gasteiger partial charge >= 0.3 is 0 Å². The average Bonchev–Trinajstić information content (AvgIpc) is 1.63. The Morgan fingerprint density at radius 1 is 1.67 bits per heavy atom. The molecule has 0 aromatic heterocycles. The fraction of sp³-hybridized carbons (Fsp3) is 0.667. The summed E-state index contributed by atoms with van der Waals surface area (Å²) in [5.74, 6) is 0.681. The van der Waals surface area contributed by atoms with E-state index < -0.39 is 0 Å². The Balaban J connectivity index is 3.72. The second-order valence-electron chi connectivity index (χ2n) is 2.03. The van der Waals surface area contributed by atoms with Crippen LogP contribution >= 0.6 is 0 Å². The molecule has 3 heteroatoms. The van der Waals surface area contributed by atoms with Crippen LogP contribution in [0.2, 0.25) is 0 Å². The summed E-state index contributed by atoms with van der Waals surface area (Å²) < 4.78 is 0. The van der Waals surface area contributed by atoms with E-state index in [4.69, 9.17) is 6.57 Å². The Morgan fingerprint density at radius 2 is 2.22 bits per heavy atom. The summed E-state index contributed by atoms with van der Waals surface area (Å²) in [5.41, 5.74) is 2.42. The summed E-state index contributed by atoms with van der Waals surface area (Å²) in [7, 11) is 0. The summed E-state index contributed by atoms with van der Waals surface area (Å²) in [6, 6.07) is 0.263.